The topological polar surface area (TPSA) is 73.8 Å². The molecule has 0 heterocycles. The molecule has 216 valence electrons. The van der Waals surface area contributed by atoms with Crippen molar-refractivity contribution in [2.24, 2.45) is 0 Å². The Kier molecular flexibility index (Phi) is 11.1. The van der Waals surface area contributed by atoms with Crippen LogP contribution in [0.1, 0.15) is 0 Å². The molecule has 0 bridgehead atoms. The molecule has 0 saturated heterocycles. The van der Waals surface area contributed by atoms with Gasteiger partial charge in [0.2, 0.25) is 0 Å². The molecule has 0 aliphatic rings. The van der Waals surface area contributed by atoms with E-state index < -0.39 is 18.4 Å². The molecule has 4 rings (SSSR count). The standard InChI is InChI=1S/4C8H9O2.Sn/c4*1-9-7-4-3-5-8(6-7)10-2;/h4*3-6H,1H2,2H3;. The van der Waals surface area contributed by atoms with Crippen molar-refractivity contribution in [3.63, 3.8) is 0 Å². The van der Waals surface area contributed by atoms with Crippen LogP contribution >= 0.6 is 0 Å². The summed E-state index contributed by atoms with van der Waals surface area (Å²) in [5.74, 6) is 5.69. The molecule has 0 unspecified atom stereocenters. The first-order chi connectivity index (χ1) is 20.0. The van der Waals surface area contributed by atoms with Gasteiger partial charge >= 0.3 is 246 Å². The van der Waals surface area contributed by atoms with Gasteiger partial charge in [0.15, 0.2) is 0 Å². The summed E-state index contributed by atoms with van der Waals surface area (Å²) in [6.45, 7) is 0. The Balaban J connectivity index is 1.63. The molecule has 0 N–H and O–H groups in total. The van der Waals surface area contributed by atoms with E-state index in [0.29, 0.717) is 41.5 Å². The van der Waals surface area contributed by atoms with Gasteiger partial charge in [-0.1, -0.05) is 0 Å². The zero-order valence-corrected chi connectivity index (χ0v) is 26.7. The molecular weight excluding hydrogens is 631 g/mol. The maximum atomic E-state index is 6.41. The van der Waals surface area contributed by atoms with Crippen LogP contribution in [0.15, 0.2) is 97.1 Å². The molecular formula is C32H36O8Sn. The van der Waals surface area contributed by atoms with E-state index in [4.69, 9.17) is 37.9 Å². The number of hydrogen-bond acceptors (Lipinski definition) is 8. The van der Waals surface area contributed by atoms with Crippen LogP contribution in [0.3, 0.4) is 0 Å². The van der Waals surface area contributed by atoms with E-state index in [-0.39, 0.29) is 0 Å². The minimum absolute atomic E-state index is 0.430. The minimum atomic E-state index is -3.67. The van der Waals surface area contributed by atoms with Gasteiger partial charge in [-0.2, -0.15) is 0 Å². The predicted molar refractivity (Wildman–Crippen MR) is 160 cm³/mol. The monoisotopic (exact) mass is 668 g/mol. The van der Waals surface area contributed by atoms with Gasteiger partial charge in [-0.25, -0.2) is 0 Å². The number of hydrogen-bond donors (Lipinski definition) is 0. The predicted octanol–water partition coefficient (Wildman–Crippen LogP) is 5.94. The first-order valence-corrected chi connectivity index (χ1v) is 21.2. The van der Waals surface area contributed by atoms with Crippen molar-refractivity contribution in [3.8, 4) is 46.0 Å². The van der Waals surface area contributed by atoms with Crippen LogP contribution in [0.25, 0.3) is 0 Å². The van der Waals surface area contributed by atoms with Crippen LogP contribution in [0, 0.1) is 0 Å². The van der Waals surface area contributed by atoms with Crippen LogP contribution in [0.5, 0.6) is 46.0 Å². The van der Waals surface area contributed by atoms with Crippen molar-refractivity contribution in [1.82, 2.24) is 0 Å². The van der Waals surface area contributed by atoms with Crippen molar-refractivity contribution in [1.29, 1.82) is 0 Å². The van der Waals surface area contributed by atoms with Gasteiger partial charge in [-0.3, -0.25) is 0 Å². The normalized spacial score (nSPS) is 10.8. The Hall–Kier alpha value is -3.92. The molecule has 4 aromatic rings. The van der Waals surface area contributed by atoms with E-state index in [2.05, 4.69) is 0 Å². The second-order valence-corrected chi connectivity index (χ2v) is 21.2. The Morgan fingerprint density at radius 1 is 0.366 bits per heavy atom. The van der Waals surface area contributed by atoms with Gasteiger partial charge in [-0.05, 0) is 0 Å². The molecule has 0 aliphatic carbocycles. The average molecular weight is 667 g/mol. The molecule has 0 radical (unpaired) electrons. The quantitative estimate of drug-likeness (QED) is 0.136. The third kappa shape index (κ3) is 9.04. The fourth-order valence-corrected chi connectivity index (χ4v) is 10.8. The number of ether oxygens (including phenoxy) is 8. The molecule has 0 aromatic heterocycles. The molecule has 0 atom stereocenters. The third-order valence-electron chi connectivity index (χ3n) is 6.34. The maximum absolute atomic E-state index is 6.41. The summed E-state index contributed by atoms with van der Waals surface area (Å²) in [6, 6.07) is 30.2. The molecule has 0 fully saturated rings. The van der Waals surface area contributed by atoms with Crippen molar-refractivity contribution < 1.29 is 37.9 Å². The zero-order valence-electron chi connectivity index (χ0n) is 23.8. The molecule has 0 aliphatic heterocycles. The van der Waals surface area contributed by atoms with E-state index in [1.165, 1.54) is 0 Å². The summed E-state index contributed by atoms with van der Waals surface area (Å²) in [7, 11) is 6.53. The summed E-state index contributed by atoms with van der Waals surface area (Å²) in [5, 5.41) is 0. The Morgan fingerprint density at radius 3 is 0.805 bits per heavy atom. The van der Waals surface area contributed by atoms with Crippen molar-refractivity contribution in [2.45, 2.75) is 0 Å². The summed E-state index contributed by atoms with van der Waals surface area (Å²) < 4.78 is 49.0. The van der Waals surface area contributed by atoms with Gasteiger partial charge in [0, 0.05) is 0 Å². The molecule has 0 spiro atoms. The van der Waals surface area contributed by atoms with E-state index in [9.17, 15) is 0 Å². The van der Waals surface area contributed by atoms with Gasteiger partial charge in [-0.15, -0.1) is 0 Å². The van der Waals surface area contributed by atoms with Crippen molar-refractivity contribution in [3.05, 3.63) is 97.1 Å². The average Bonchev–Trinajstić information content (AvgIpc) is 3.04. The summed E-state index contributed by atoms with van der Waals surface area (Å²) in [4.78, 5) is 0. The molecule has 41 heavy (non-hydrogen) atoms. The van der Waals surface area contributed by atoms with Gasteiger partial charge in [0.05, 0.1) is 0 Å². The Labute approximate surface area is 245 Å². The van der Waals surface area contributed by atoms with E-state index in [1.807, 2.05) is 97.1 Å². The third-order valence-corrected chi connectivity index (χ3v) is 15.0. The van der Waals surface area contributed by atoms with E-state index >= 15 is 0 Å². The fraction of sp³-hybridized carbons (Fsp3) is 0.250. The summed E-state index contributed by atoms with van der Waals surface area (Å²) in [6.07, 6.45) is 0. The molecule has 0 saturated carbocycles. The van der Waals surface area contributed by atoms with E-state index in [0.717, 1.165) is 23.0 Å². The van der Waals surface area contributed by atoms with Gasteiger partial charge in [0.25, 0.3) is 0 Å². The van der Waals surface area contributed by atoms with Crippen LogP contribution in [-0.2, 0) is 0 Å². The number of methoxy groups -OCH3 is 4. The first-order valence-electron chi connectivity index (χ1n) is 13.1. The molecule has 9 heteroatoms. The second-order valence-electron chi connectivity index (χ2n) is 9.37. The van der Waals surface area contributed by atoms with Crippen molar-refractivity contribution in [2.75, 3.05) is 46.9 Å². The zero-order chi connectivity index (χ0) is 28.9. The number of benzene rings is 4. The summed E-state index contributed by atoms with van der Waals surface area (Å²) in [5.41, 5.74) is 0. The van der Waals surface area contributed by atoms with Gasteiger partial charge in [0.1, 0.15) is 0 Å². The Bertz CT molecular complexity index is 1170. The van der Waals surface area contributed by atoms with Crippen molar-refractivity contribution >= 4 is 18.4 Å². The van der Waals surface area contributed by atoms with Crippen LogP contribution in [-0.4, -0.2) is 65.3 Å². The van der Waals surface area contributed by atoms with Crippen LogP contribution < -0.4 is 37.9 Å². The Morgan fingerprint density at radius 2 is 0.585 bits per heavy atom. The van der Waals surface area contributed by atoms with Gasteiger partial charge < -0.3 is 0 Å². The van der Waals surface area contributed by atoms with E-state index in [1.54, 1.807) is 28.4 Å². The number of rotatable bonds is 16. The SMILES string of the molecule is COc1cccc(O[CH2][Sn]([CH2]Oc2cccc(OC)c2)([CH2]Oc2cccc(OC)c2)[CH2]Oc2cccc(OC)c2)c1. The molecule has 0 amide bonds. The summed E-state index contributed by atoms with van der Waals surface area (Å²) >= 11 is -3.67. The second kappa shape index (κ2) is 15.2. The molecule has 8 nitrogen and oxygen atoms in total. The van der Waals surface area contributed by atoms with Crippen LogP contribution in [0.4, 0.5) is 0 Å². The van der Waals surface area contributed by atoms with Crippen LogP contribution in [0.2, 0.25) is 0 Å². The first kappa shape index (κ1) is 30.0. The fourth-order valence-electron chi connectivity index (χ4n) is 3.96. The molecule has 4 aromatic carbocycles.